The number of esters is 1. The van der Waals surface area contributed by atoms with Gasteiger partial charge in [-0.3, -0.25) is 9.97 Å². The van der Waals surface area contributed by atoms with Gasteiger partial charge in [-0.2, -0.15) is 0 Å². The second-order valence-corrected chi connectivity index (χ2v) is 4.35. The molecule has 4 nitrogen and oxygen atoms in total. The van der Waals surface area contributed by atoms with Crippen LogP contribution in [0.1, 0.15) is 16.1 Å². The molecule has 21 heavy (non-hydrogen) atoms. The molecule has 2 rings (SSSR count). The average molecular weight is 280 g/mol. The Morgan fingerprint density at radius 3 is 2.43 bits per heavy atom. The summed E-state index contributed by atoms with van der Waals surface area (Å²) in [6.45, 7) is 7.37. The summed E-state index contributed by atoms with van der Waals surface area (Å²) in [6.07, 6.45) is 7.45. The number of rotatable bonds is 6. The summed E-state index contributed by atoms with van der Waals surface area (Å²) in [5.41, 5.74) is 3.02. The largest absolute Gasteiger partial charge is 0.458 e. The maximum Gasteiger partial charge on any atom is 0.338 e. The lowest BCUT2D eigenvalue weighted by Gasteiger charge is -2.04. The molecule has 0 unspecified atom stereocenters. The highest BCUT2D eigenvalue weighted by atomic mass is 16.5. The van der Waals surface area contributed by atoms with Gasteiger partial charge >= 0.3 is 5.97 Å². The highest BCUT2D eigenvalue weighted by Gasteiger charge is 2.07. The summed E-state index contributed by atoms with van der Waals surface area (Å²) < 4.78 is 4.97. The van der Waals surface area contributed by atoms with E-state index in [4.69, 9.17) is 4.74 Å². The second kappa shape index (κ2) is 7.14. The van der Waals surface area contributed by atoms with E-state index in [1.807, 2.05) is 12.1 Å². The third kappa shape index (κ3) is 3.86. The molecule has 0 spiro atoms. The number of allylic oxidation sites excluding steroid dienone is 1. The van der Waals surface area contributed by atoms with Crippen molar-refractivity contribution in [2.45, 2.75) is 6.42 Å². The fourth-order valence-electron chi connectivity index (χ4n) is 1.75. The first-order valence-electron chi connectivity index (χ1n) is 6.55. The minimum absolute atomic E-state index is 0.205. The van der Waals surface area contributed by atoms with Crippen LogP contribution in [0, 0.1) is 0 Å². The van der Waals surface area contributed by atoms with Crippen molar-refractivity contribution >= 4 is 5.97 Å². The van der Waals surface area contributed by atoms with E-state index in [9.17, 15) is 4.79 Å². The van der Waals surface area contributed by atoms with Crippen molar-refractivity contribution in [3.05, 3.63) is 73.2 Å². The SMILES string of the molecule is C=CCOC(=O)c1ccc(-c2cnc(CC=C)cn2)cc1. The molecule has 2 aromatic rings. The summed E-state index contributed by atoms with van der Waals surface area (Å²) in [7, 11) is 0. The summed E-state index contributed by atoms with van der Waals surface area (Å²) >= 11 is 0. The Bertz CT molecular complexity index is 631. The summed E-state index contributed by atoms with van der Waals surface area (Å²) in [6, 6.07) is 7.06. The molecule has 0 amide bonds. The van der Waals surface area contributed by atoms with E-state index >= 15 is 0 Å². The van der Waals surface area contributed by atoms with Gasteiger partial charge in [0.25, 0.3) is 0 Å². The lowest BCUT2D eigenvalue weighted by Crippen LogP contribution is -2.04. The molecule has 1 aromatic heterocycles. The molecule has 106 valence electrons. The molecular weight excluding hydrogens is 264 g/mol. The van der Waals surface area contributed by atoms with Crippen molar-refractivity contribution in [1.29, 1.82) is 0 Å². The zero-order valence-electron chi connectivity index (χ0n) is 11.7. The Morgan fingerprint density at radius 1 is 1.10 bits per heavy atom. The number of aromatic nitrogens is 2. The molecule has 0 N–H and O–H groups in total. The zero-order valence-corrected chi connectivity index (χ0v) is 11.7. The fraction of sp³-hybridized carbons (Fsp3) is 0.118. The van der Waals surface area contributed by atoms with Crippen LogP contribution < -0.4 is 0 Å². The first-order valence-corrected chi connectivity index (χ1v) is 6.55. The van der Waals surface area contributed by atoms with Crippen LogP contribution in [-0.4, -0.2) is 22.5 Å². The zero-order chi connectivity index (χ0) is 15.1. The van der Waals surface area contributed by atoms with Crippen LogP contribution in [0.3, 0.4) is 0 Å². The highest BCUT2D eigenvalue weighted by molar-refractivity contribution is 5.90. The fourth-order valence-corrected chi connectivity index (χ4v) is 1.75. The van der Waals surface area contributed by atoms with Crippen molar-refractivity contribution < 1.29 is 9.53 Å². The van der Waals surface area contributed by atoms with Crippen molar-refractivity contribution in [2.24, 2.45) is 0 Å². The van der Waals surface area contributed by atoms with Crippen LogP contribution in [0.2, 0.25) is 0 Å². The van der Waals surface area contributed by atoms with E-state index < -0.39 is 0 Å². The van der Waals surface area contributed by atoms with Crippen molar-refractivity contribution in [3.63, 3.8) is 0 Å². The van der Waals surface area contributed by atoms with Gasteiger partial charge in [0.15, 0.2) is 0 Å². The second-order valence-electron chi connectivity index (χ2n) is 4.35. The molecule has 0 atom stereocenters. The molecule has 0 radical (unpaired) electrons. The molecule has 4 heteroatoms. The minimum atomic E-state index is -0.367. The smallest absolute Gasteiger partial charge is 0.338 e. The van der Waals surface area contributed by atoms with Crippen molar-refractivity contribution in [2.75, 3.05) is 6.61 Å². The average Bonchev–Trinajstić information content (AvgIpc) is 2.54. The lowest BCUT2D eigenvalue weighted by molar-refractivity contribution is 0.0550. The normalized spacial score (nSPS) is 9.90. The van der Waals surface area contributed by atoms with Crippen LogP contribution in [-0.2, 0) is 11.2 Å². The molecule has 0 aliphatic carbocycles. The first-order chi connectivity index (χ1) is 10.2. The third-order valence-corrected chi connectivity index (χ3v) is 2.81. The van der Waals surface area contributed by atoms with E-state index in [1.54, 1.807) is 30.6 Å². The maximum absolute atomic E-state index is 11.7. The Kier molecular flexibility index (Phi) is 4.99. The number of carbonyl (C=O) groups is 1. The summed E-state index contributed by atoms with van der Waals surface area (Å²) in [5.74, 6) is -0.367. The van der Waals surface area contributed by atoms with Gasteiger partial charge in [-0.05, 0) is 12.1 Å². The molecule has 0 saturated heterocycles. The molecule has 0 fully saturated rings. The van der Waals surface area contributed by atoms with Gasteiger partial charge < -0.3 is 4.74 Å². The third-order valence-electron chi connectivity index (χ3n) is 2.81. The number of benzene rings is 1. The molecule has 0 saturated carbocycles. The van der Waals surface area contributed by atoms with E-state index in [0.717, 1.165) is 17.0 Å². The first kappa shape index (κ1) is 14.7. The number of hydrogen-bond acceptors (Lipinski definition) is 4. The van der Waals surface area contributed by atoms with Gasteiger partial charge in [0, 0.05) is 18.2 Å². The van der Waals surface area contributed by atoms with Gasteiger partial charge in [0.1, 0.15) is 6.61 Å². The maximum atomic E-state index is 11.7. The Morgan fingerprint density at radius 2 is 1.86 bits per heavy atom. The Balaban J connectivity index is 2.12. The molecular formula is C17H16N2O2. The van der Waals surface area contributed by atoms with E-state index in [-0.39, 0.29) is 12.6 Å². The Labute approximate surface area is 123 Å². The van der Waals surface area contributed by atoms with Gasteiger partial charge in [-0.1, -0.05) is 30.9 Å². The van der Waals surface area contributed by atoms with Crippen LogP contribution in [0.15, 0.2) is 62.0 Å². The van der Waals surface area contributed by atoms with E-state index in [0.29, 0.717) is 12.0 Å². The number of hydrogen-bond donors (Lipinski definition) is 0. The topological polar surface area (TPSA) is 52.1 Å². The van der Waals surface area contributed by atoms with Crippen LogP contribution in [0.5, 0.6) is 0 Å². The quantitative estimate of drug-likeness (QED) is 0.602. The molecule has 1 heterocycles. The molecule has 0 aliphatic rings. The van der Waals surface area contributed by atoms with E-state index in [2.05, 4.69) is 23.1 Å². The van der Waals surface area contributed by atoms with Gasteiger partial charge in [-0.25, -0.2) is 4.79 Å². The van der Waals surface area contributed by atoms with Crippen molar-refractivity contribution in [3.8, 4) is 11.3 Å². The predicted molar refractivity (Wildman–Crippen MR) is 81.8 cm³/mol. The molecule has 1 aromatic carbocycles. The van der Waals surface area contributed by atoms with Gasteiger partial charge in [0.05, 0.1) is 23.1 Å². The van der Waals surface area contributed by atoms with Crippen LogP contribution in [0.25, 0.3) is 11.3 Å². The standard InChI is InChI=1S/C17H16N2O2/c1-3-5-15-11-19-16(12-18-15)13-6-8-14(9-7-13)17(20)21-10-4-2/h3-4,6-9,11-12H,1-2,5,10H2. The monoisotopic (exact) mass is 280 g/mol. The van der Waals surface area contributed by atoms with E-state index in [1.165, 1.54) is 6.08 Å². The van der Waals surface area contributed by atoms with Gasteiger partial charge in [0.2, 0.25) is 0 Å². The predicted octanol–water partition coefficient (Wildman–Crippen LogP) is 3.21. The van der Waals surface area contributed by atoms with Crippen LogP contribution in [0.4, 0.5) is 0 Å². The Hall–Kier alpha value is -2.75. The summed E-state index contributed by atoms with van der Waals surface area (Å²) in [4.78, 5) is 20.3. The number of ether oxygens (including phenoxy) is 1. The lowest BCUT2D eigenvalue weighted by atomic mass is 10.1. The summed E-state index contributed by atoms with van der Waals surface area (Å²) in [5, 5.41) is 0. The molecule has 0 bridgehead atoms. The number of carbonyl (C=O) groups excluding carboxylic acids is 1. The minimum Gasteiger partial charge on any atom is -0.458 e. The number of nitrogens with zero attached hydrogens (tertiary/aromatic N) is 2. The molecule has 0 aliphatic heterocycles. The van der Waals surface area contributed by atoms with Crippen molar-refractivity contribution in [1.82, 2.24) is 9.97 Å². The van der Waals surface area contributed by atoms with Crippen LogP contribution >= 0.6 is 0 Å². The highest BCUT2D eigenvalue weighted by Crippen LogP contribution is 2.17. The van der Waals surface area contributed by atoms with Gasteiger partial charge in [-0.15, -0.1) is 6.58 Å².